The van der Waals surface area contributed by atoms with Gasteiger partial charge >= 0.3 is 0 Å². The molecule has 2 N–H and O–H groups in total. The predicted octanol–water partition coefficient (Wildman–Crippen LogP) is 3.51. The third kappa shape index (κ3) is 4.00. The van der Waals surface area contributed by atoms with E-state index in [0.717, 1.165) is 30.0 Å². The van der Waals surface area contributed by atoms with Gasteiger partial charge in [0.15, 0.2) is 0 Å². The molecule has 0 bridgehead atoms. The largest absolute Gasteiger partial charge is 0.497 e. The molecule has 1 aromatic carbocycles. The van der Waals surface area contributed by atoms with Crippen molar-refractivity contribution in [2.24, 2.45) is 0 Å². The lowest BCUT2D eigenvalue weighted by atomic mass is 10.2. The lowest BCUT2D eigenvalue weighted by Gasteiger charge is -2.13. The van der Waals surface area contributed by atoms with E-state index in [4.69, 9.17) is 4.74 Å². The number of methoxy groups -OCH3 is 1. The molecule has 0 radical (unpaired) electrons. The van der Waals surface area contributed by atoms with E-state index in [2.05, 4.69) is 15.6 Å². The minimum absolute atomic E-state index is 0.0568. The van der Waals surface area contributed by atoms with E-state index < -0.39 is 0 Å². The Morgan fingerprint density at radius 3 is 2.78 bits per heavy atom. The van der Waals surface area contributed by atoms with E-state index in [1.807, 2.05) is 30.3 Å². The second-order valence-electron chi connectivity index (χ2n) is 5.77. The summed E-state index contributed by atoms with van der Waals surface area (Å²) in [5.41, 5.74) is 2.24. The molecule has 1 aliphatic carbocycles. The Morgan fingerprint density at radius 1 is 1.17 bits per heavy atom. The molecule has 0 spiro atoms. The number of carbonyl (C=O) groups is 1. The Labute approximate surface area is 136 Å². The third-order valence-electron chi connectivity index (χ3n) is 4.05. The Kier molecular flexibility index (Phi) is 4.76. The van der Waals surface area contributed by atoms with Gasteiger partial charge in [0.1, 0.15) is 5.75 Å². The summed E-state index contributed by atoms with van der Waals surface area (Å²) in [7, 11) is 1.63. The van der Waals surface area contributed by atoms with Crippen LogP contribution in [0.2, 0.25) is 0 Å². The van der Waals surface area contributed by atoms with Crippen LogP contribution in [0.5, 0.6) is 5.75 Å². The molecule has 0 unspecified atom stereocenters. The maximum Gasteiger partial charge on any atom is 0.253 e. The summed E-state index contributed by atoms with van der Waals surface area (Å²) >= 11 is 0. The van der Waals surface area contributed by atoms with Gasteiger partial charge in [-0.1, -0.05) is 18.9 Å². The highest BCUT2D eigenvalue weighted by Gasteiger charge is 2.18. The van der Waals surface area contributed by atoms with Gasteiger partial charge < -0.3 is 15.4 Å². The molecule has 23 heavy (non-hydrogen) atoms. The zero-order valence-corrected chi connectivity index (χ0v) is 13.2. The van der Waals surface area contributed by atoms with Gasteiger partial charge in [-0.15, -0.1) is 0 Å². The quantitative estimate of drug-likeness (QED) is 0.887. The predicted molar refractivity (Wildman–Crippen MR) is 90.2 cm³/mol. The van der Waals surface area contributed by atoms with Crippen LogP contribution in [-0.4, -0.2) is 24.0 Å². The van der Waals surface area contributed by atoms with Crippen molar-refractivity contribution in [1.82, 2.24) is 10.3 Å². The number of hydrogen-bond donors (Lipinski definition) is 2. The molecule has 5 heteroatoms. The molecule has 0 saturated heterocycles. The number of amides is 1. The van der Waals surface area contributed by atoms with E-state index in [1.54, 1.807) is 19.5 Å². The van der Waals surface area contributed by atoms with Crippen LogP contribution in [0.15, 0.2) is 42.7 Å². The summed E-state index contributed by atoms with van der Waals surface area (Å²) in [5.74, 6) is 0.719. The second kappa shape index (κ2) is 7.13. The van der Waals surface area contributed by atoms with Crippen molar-refractivity contribution in [2.45, 2.75) is 31.7 Å². The van der Waals surface area contributed by atoms with Crippen LogP contribution in [-0.2, 0) is 0 Å². The summed E-state index contributed by atoms with van der Waals surface area (Å²) in [4.78, 5) is 16.5. The fraction of sp³-hybridized carbons (Fsp3) is 0.333. The highest BCUT2D eigenvalue weighted by atomic mass is 16.5. The number of benzene rings is 1. The maximum absolute atomic E-state index is 12.3. The minimum atomic E-state index is -0.0568. The number of pyridine rings is 1. The summed E-state index contributed by atoms with van der Waals surface area (Å²) < 4.78 is 5.21. The van der Waals surface area contributed by atoms with Crippen molar-refractivity contribution in [2.75, 3.05) is 12.4 Å². The summed E-state index contributed by atoms with van der Waals surface area (Å²) in [6.45, 7) is 0. The van der Waals surface area contributed by atoms with Crippen LogP contribution < -0.4 is 15.4 Å². The Balaban J connectivity index is 1.70. The average Bonchev–Trinajstić information content (AvgIpc) is 3.08. The number of carbonyl (C=O) groups excluding carboxylic acids is 1. The molecule has 0 aliphatic heterocycles. The van der Waals surface area contributed by atoms with E-state index in [1.165, 1.54) is 12.8 Å². The molecule has 1 fully saturated rings. The van der Waals surface area contributed by atoms with Crippen LogP contribution in [0.3, 0.4) is 0 Å². The Bertz CT molecular complexity index is 681. The second-order valence-corrected chi connectivity index (χ2v) is 5.77. The van der Waals surface area contributed by atoms with Gasteiger partial charge in [0, 0.05) is 24.0 Å². The highest BCUT2D eigenvalue weighted by Crippen LogP contribution is 2.22. The van der Waals surface area contributed by atoms with Crippen molar-refractivity contribution < 1.29 is 9.53 Å². The normalized spacial score (nSPS) is 14.5. The standard InChI is InChI=1S/C18H21N3O2/c1-23-17-8-4-7-15(10-17)20-16-9-13(11-19-12-16)18(22)21-14-5-2-3-6-14/h4,7-12,14,20H,2-3,5-6H2,1H3,(H,21,22). The number of nitrogens with zero attached hydrogens (tertiary/aromatic N) is 1. The zero-order valence-electron chi connectivity index (χ0n) is 13.2. The van der Waals surface area contributed by atoms with Gasteiger partial charge in [0.2, 0.25) is 0 Å². The molecule has 1 aliphatic rings. The molecule has 0 atom stereocenters. The van der Waals surface area contributed by atoms with E-state index in [0.29, 0.717) is 11.6 Å². The van der Waals surface area contributed by atoms with Gasteiger partial charge in [-0.3, -0.25) is 9.78 Å². The van der Waals surface area contributed by atoms with Gasteiger partial charge in [-0.05, 0) is 31.0 Å². The van der Waals surface area contributed by atoms with E-state index >= 15 is 0 Å². The topological polar surface area (TPSA) is 63.2 Å². The number of rotatable bonds is 5. The van der Waals surface area contributed by atoms with Crippen molar-refractivity contribution in [3.05, 3.63) is 48.3 Å². The Hall–Kier alpha value is -2.56. The van der Waals surface area contributed by atoms with Crippen LogP contribution in [0.1, 0.15) is 36.0 Å². The first-order valence-corrected chi connectivity index (χ1v) is 7.91. The molecule has 2 aromatic rings. The Morgan fingerprint density at radius 2 is 2.00 bits per heavy atom. The molecule has 1 saturated carbocycles. The van der Waals surface area contributed by atoms with Crippen molar-refractivity contribution >= 4 is 17.3 Å². The number of nitrogens with one attached hydrogen (secondary N) is 2. The van der Waals surface area contributed by atoms with E-state index in [9.17, 15) is 4.79 Å². The molecule has 1 aromatic heterocycles. The van der Waals surface area contributed by atoms with Crippen LogP contribution in [0.4, 0.5) is 11.4 Å². The first-order valence-electron chi connectivity index (χ1n) is 7.91. The van der Waals surface area contributed by atoms with Crippen molar-refractivity contribution in [3.8, 4) is 5.75 Å². The summed E-state index contributed by atoms with van der Waals surface area (Å²) in [5, 5.41) is 6.32. The summed E-state index contributed by atoms with van der Waals surface area (Å²) in [6, 6.07) is 9.74. The van der Waals surface area contributed by atoms with Crippen molar-refractivity contribution in [3.63, 3.8) is 0 Å². The average molecular weight is 311 g/mol. The monoisotopic (exact) mass is 311 g/mol. The molecule has 1 heterocycles. The first-order chi connectivity index (χ1) is 11.2. The van der Waals surface area contributed by atoms with E-state index in [-0.39, 0.29) is 5.91 Å². The van der Waals surface area contributed by atoms with Gasteiger partial charge in [-0.2, -0.15) is 0 Å². The number of ether oxygens (including phenoxy) is 1. The van der Waals surface area contributed by atoms with Gasteiger partial charge in [0.25, 0.3) is 5.91 Å². The fourth-order valence-corrected chi connectivity index (χ4v) is 2.84. The third-order valence-corrected chi connectivity index (χ3v) is 4.05. The van der Waals surface area contributed by atoms with Gasteiger partial charge in [0.05, 0.1) is 24.6 Å². The number of anilines is 2. The molecular formula is C18H21N3O2. The fourth-order valence-electron chi connectivity index (χ4n) is 2.84. The van der Waals surface area contributed by atoms with Crippen molar-refractivity contribution in [1.29, 1.82) is 0 Å². The smallest absolute Gasteiger partial charge is 0.253 e. The first kappa shape index (κ1) is 15.3. The van der Waals surface area contributed by atoms with Crippen LogP contribution in [0, 0.1) is 0 Å². The molecule has 1 amide bonds. The zero-order chi connectivity index (χ0) is 16.1. The molecule has 120 valence electrons. The molecular weight excluding hydrogens is 290 g/mol. The summed E-state index contributed by atoms with van der Waals surface area (Å²) in [6.07, 6.45) is 7.83. The van der Waals surface area contributed by atoms with Crippen LogP contribution in [0.25, 0.3) is 0 Å². The number of hydrogen-bond acceptors (Lipinski definition) is 4. The lowest BCUT2D eigenvalue weighted by molar-refractivity contribution is 0.0937. The minimum Gasteiger partial charge on any atom is -0.497 e. The van der Waals surface area contributed by atoms with Gasteiger partial charge in [-0.25, -0.2) is 0 Å². The SMILES string of the molecule is COc1cccc(Nc2cncc(C(=O)NC3CCCC3)c2)c1. The lowest BCUT2D eigenvalue weighted by Crippen LogP contribution is -2.32. The van der Waals surface area contributed by atoms with Crippen LogP contribution >= 0.6 is 0 Å². The molecule has 3 rings (SSSR count). The maximum atomic E-state index is 12.3. The highest BCUT2D eigenvalue weighted by molar-refractivity contribution is 5.95. The molecule has 5 nitrogen and oxygen atoms in total. The number of aromatic nitrogens is 1.